The molecule has 0 aromatic heterocycles. The second kappa shape index (κ2) is 5.37. The third kappa shape index (κ3) is 2.57. The molecule has 0 heterocycles. The molecule has 0 bridgehead atoms. The van der Waals surface area contributed by atoms with Crippen molar-refractivity contribution in [2.75, 3.05) is 4.90 Å². The fourth-order valence-corrected chi connectivity index (χ4v) is 1.68. The van der Waals surface area contributed by atoms with E-state index in [4.69, 9.17) is 17.5 Å². The molecule has 0 unspecified atom stereocenters. The fraction of sp³-hybridized carbons (Fsp3) is 0. The largest absolute Gasteiger partial charge is 0.368 e. The van der Waals surface area contributed by atoms with Gasteiger partial charge in [0.25, 0.3) is 0 Å². The van der Waals surface area contributed by atoms with Crippen molar-refractivity contribution in [3.8, 4) is 0 Å². The molecule has 2 aromatic carbocycles. The van der Waals surface area contributed by atoms with E-state index in [1.54, 1.807) is 4.90 Å². The highest BCUT2D eigenvalue weighted by Crippen LogP contribution is 2.24. The van der Waals surface area contributed by atoms with E-state index in [-0.39, 0.29) is 5.96 Å². The molecule has 86 valence electrons. The number of anilines is 2. The zero-order valence-electron chi connectivity index (χ0n) is 9.12. The Bertz CT molecular complexity index is 457. The molecule has 0 radical (unpaired) electrons. The first-order chi connectivity index (χ1) is 8.33. The van der Waals surface area contributed by atoms with Crippen LogP contribution in [0.5, 0.6) is 0 Å². The Morgan fingerprint density at radius 2 is 1.29 bits per heavy atom. The molecule has 17 heavy (non-hydrogen) atoms. The maximum absolute atomic E-state index is 5.83. The number of benzene rings is 2. The molecule has 0 spiro atoms. The predicted molar refractivity (Wildman–Crippen MR) is 72.5 cm³/mol. The Morgan fingerprint density at radius 1 is 0.882 bits per heavy atom. The molecular formula is C13H12ClN3. The minimum Gasteiger partial charge on any atom is -0.368 e. The van der Waals surface area contributed by atoms with Gasteiger partial charge < -0.3 is 5.73 Å². The van der Waals surface area contributed by atoms with Gasteiger partial charge in [0.15, 0.2) is 0 Å². The molecule has 0 amide bonds. The lowest BCUT2D eigenvalue weighted by atomic mass is 10.2. The van der Waals surface area contributed by atoms with Gasteiger partial charge in [-0.15, -0.1) is 4.51 Å². The summed E-state index contributed by atoms with van der Waals surface area (Å²) in [6.45, 7) is 0. The zero-order valence-corrected chi connectivity index (χ0v) is 9.88. The van der Waals surface area contributed by atoms with Crippen LogP contribution >= 0.6 is 11.8 Å². The highest BCUT2D eigenvalue weighted by atomic mass is 35.5. The van der Waals surface area contributed by atoms with Gasteiger partial charge >= 0.3 is 0 Å². The van der Waals surface area contributed by atoms with Crippen LogP contribution in [0, 0.1) is 0 Å². The number of para-hydroxylation sites is 2. The number of nitrogens with zero attached hydrogens (tertiary/aromatic N) is 2. The van der Waals surface area contributed by atoms with E-state index in [0.717, 1.165) is 11.4 Å². The van der Waals surface area contributed by atoms with E-state index in [0.29, 0.717) is 0 Å². The number of hydrogen-bond acceptors (Lipinski definition) is 1. The molecule has 3 nitrogen and oxygen atoms in total. The highest BCUT2D eigenvalue weighted by Gasteiger charge is 2.12. The quantitative estimate of drug-likeness (QED) is 0.652. The summed E-state index contributed by atoms with van der Waals surface area (Å²) in [5.41, 5.74) is 7.66. The van der Waals surface area contributed by atoms with Crippen molar-refractivity contribution in [3.63, 3.8) is 0 Å². The highest BCUT2D eigenvalue weighted by molar-refractivity contribution is 6.22. The molecule has 0 aliphatic rings. The van der Waals surface area contributed by atoms with Crippen LogP contribution in [0.2, 0.25) is 0 Å². The monoisotopic (exact) mass is 245 g/mol. The molecule has 0 atom stereocenters. The molecule has 0 saturated carbocycles. The van der Waals surface area contributed by atoms with Gasteiger partial charge in [-0.25, -0.2) is 0 Å². The summed E-state index contributed by atoms with van der Waals surface area (Å²) in [4.78, 5) is 1.78. The van der Waals surface area contributed by atoms with Gasteiger partial charge in [0.05, 0.1) is 0 Å². The van der Waals surface area contributed by atoms with E-state index >= 15 is 0 Å². The maximum Gasteiger partial charge on any atom is 0.218 e. The molecule has 2 N–H and O–H groups in total. The van der Waals surface area contributed by atoms with E-state index < -0.39 is 0 Å². The minimum atomic E-state index is 0.240. The number of nitrogens with two attached hydrogens (primary N) is 1. The average molecular weight is 246 g/mol. The van der Waals surface area contributed by atoms with Crippen molar-refractivity contribution in [2.45, 2.75) is 0 Å². The smallest absolute Gasteiger partial charge is 0.218 e. The van der Waals surface area contributed by atoms with Crippen LogP contribution in [-0.4, -0.2) is 5.96 Å². The number of halogens is 1. The SMILES string of the molecule is N/C(=N\Cl)N(c1ccccc1)c1ccccc1. The average Bonchev–Trinajstić information content (AvgIpc) is 2.41. The molecule has 2 rings (SSSR count). The lowest BCUT2D eigenvalue weighted by Gasteiger charge is -2.22. The summed E-state index contributed by atoms with van der Waals surface area (Å²) in [5, 5.41) is 0. The van der Waals surface area contributed by atoms with Crippen LogP contribution in [0.15, 0.2) is 65.2 Å². The summed E-state index contributed by atoms with van der Waals surface area (Å²) in [7, 11) is 0. The molecule has 0 fully saturated rings. The first-order valence-corrected chi connectivity index (χ1v) is 5.51. The van der Waals surface area contributed by atoms with Crippen LogP contribution in [0.3, 0.4) is 0 Å². The van der Waals surface area contributed by atoms with Gasteiger partial charge in [-0.3, -0.25) is 4.90 Å². The first kappa shape index (κ1) is 11.5. The van der Waals surface area contributed by atoms with E-state index in [2.05, 4.69) is 4.51 Å². The number of rotatable bonds is 2. The van der Waals surface area contributed by atoms with Crippen LogP contribution in [0.25, 0.3) is 0 Å². The lowest BCUT2D eigenvalue weighted by Crippen LogP contribution is -2.32. The second-order valence-corrected chi connectivity index (χ2v) is 3.62. The van der Waals surface area contributed by atoms with E-state index in [1.165, 1.54) is 0 Å². The molecular weight excluding hydrogens is 234 g/mol. The number of hydrogen-bond donors (Lipinski definition) is 1. The van der Waals surface area contributed by atoms with Crippen LogP contribution in [0.1, 0.15) is 0 Å². The van der Waals surface area contributed by atoms with Crippen molar-refractivity contribution in [1.82, 2.24) is 0 Å². The van der Waals surface area contributed by atoms with Gasteiger partial charge in [-0.2, -0.15) is 0 Å². The van der Waals surface area contributed by atoms with Crippen molar-refractivity contribution in [3.05, 3.63) is 60.7 Å². The van der Waals surface area contributed by atoms with Crippen LogP contribution in [-0.2, 0) is 0 Å². The summed E-state index contributed by atoms with van der Waals surface area (Å²) in [6.07, 6.45) is 0. The lowest BCUT2D eigenvalue weighted by molar-refractivity contribution is 1.30. The van der Waals surface area contributed by atoms with Crippen LogP contribution in [0.4, 0.5) is 11.4 Å². The molecule has 2 aromatic rings. The Kier molecular flexibility index (Phi) is 3.62. The van der Waals surface area contributed by atoms with E-state index in [1.807, 2.05) is 60.7 Å². The van der Waals surface area contributed by atoms with Gasteiger partial charge in [-0.1, -0.05) is 36.4 Å². The zero-order chi connectivity index (χ0) is 12.1. The molecule has 0 aliphatic carbocycles. The number of guanidine groups is 1. The third-order valence-corrected chi connectivity index (χ3v) is 2.52. The standard InChI is InChI=1S/C13H12ClN3/c14-16-13(15)17(11-7-3-1-4-8-11)12-9-5-2-6-10-12/h1-10H,(H2,15,16). The van der Waals surface area contributed by atoms with Crippen molar-refractivity contribution >= 4 is 29.1 Å². The topological polar surface area (TPSA) is 41.6 Å². The third-order valence-electron chi connectivity index (χ3n) is 2.34. The summed E-state index contributed by atoms with van der Waals surface area (Å²) < 4.78 is 3.53. The molecule has 0 aliphatic heterocycles. The molecule has 4 heteroatoms. The Hall–Kier alpha value is -2.00. The van der Waals surface area contributed by atoms with Gasteiger partial charge in [0.1, 0.15) is 0 Å². The maximum atomic E-state index is 5.83. The summed E-state index contributed by atoms with van der Waals surface area (Å²) in [6, 6.07) is 19.4. The Morgan fingerprint density at radius 3 is 1.65 bits per heavy atom. The predicted octanol–water partition coefficient (Wildman–Crippen LogP) is 3.29. The first-order valence-electron chi connectivity index (χ1n) is 5.17. The fourth-order valence-electron chi connectivity index (χ4n) is 1.61. The Balaban J connectivity index is 2.47. The summed E-state index contributed by atoms with van der Waals surface area (Å²) >= 11 is 5.47. The minimum absolute atomic E-state index is 0.240. The van der Waals surface area contributed by atoms with Gasteiger partial charge in [0.2, 0.25) is 5.96 Å². The van der Waals surface area contributed by atoms with Crippen molar-refractivity contribution in [1.29, 1.82) is 0 Å². The normalized spacial score (nSPS) is 11.2. The molecule has 0 saturated heterocycles. The van der Waals surface area contributed by atoms with Crippen molar-refractivity contribution in [2.24, 2.45) is 10.2 Å². The van der Waals surface area contributed by atoms with Gasteiger partial charge in [-0.05, 0) is 24.3 Å². The summed E-state index contributed by atoms with van der Waals surface area (Å²) in [5.74, 6) is 0.240. The van der Waals surface area contributed by atoms with Crippen LogP contribution < -0.4 is 10.6 Å². The van der Waals surface area contributed by atoms with Gasteiger partial charge in [0, 0.05) is 23.2 Å². The van der Waals surface area contributed by atoms with E-state index in [9.17, 15) is 0 Å². The Labute approximate surface area is 105 Å². The van der Waals surface area contributed by atoms with Crippen molar-refractivity contribution < 1.29 is 0 Å². The second-order valence-electron chi connectivity index (χ2n) is 3.45.